The van der Waals surface area contributed by atoms with Gasteiger partial charge < -0.3 is 14.6 Å². The number of hydrogen-bond donors (Lipinski definition) is 1. The van der Waals surface area contributed by atoms with Crippen molar-refractivity contribution in [2.24, 2.45) is 0 Å². The van der Waals surface area contributed by atoms with Crippen molar-refractivity contribution in [3.05, 3.63) is 22.2 Å². The molecule has 1 aromatic carbocycles. The molecule has 0 radical (unpaired) electrons. The minimum atomic E-state index is -0.784. The van der Waals surface area contributed by atoms with Gasteiger partial charge in [0.1, 0.15) is 0 Å². The lowest BCUT2D eigenvalue weighted by molar-refractivity contribution is -0.137. The Labute approximate surface area is 130 Å². The van der Waals surface area contributed by atoms with E-state index in [-0.39, 0.29) is 17.8 Å². The van der Waals surface area contributed by atoms with Crippen molar-refractivity contribution in [2.75, 3.05) is 14.2 Å². The second-order valence-electron chi connectivity index (χ2n) is 5.89. The normalized spacial score (nSPS) is 15.9. The number of ether oxygens (including phenoxy) is 2. The van der Waals surface area contributed by atoms with Crippen molar-refractivity contribution in [3.63, 3.8) is 0 Å². The summed E-state index contributed by atoms with van der Waals surface area (Å²) in [6, 6.07) is 1.90. The molecular weight excluding hydrogens is 292 g/mol. The summed E-state index contributed by atoms with van der Waals surface area (Å²) in [6.45, 7) is 4.10. The van der Waals surface area contributed by atoms with E-state index in [0.717, 1.165) is 24.0 Å². The highest BCUT2D eigenvalue weighted by molar-refractivity contribution is 6.33. The summed E-state index contributed by atoms with van der Waals surface area (Å²) in [6.07, 6.45) is 1.86. The fraction of sp³-hybridized carbons (Fsp3) is 0.562. The number of methoxy groups -OCH3 is 2. The van der Waals surface area contributed by atoms with Gasteiger partial charge in [0.15, 0.2) is 11.5 Å². The fourth-order valence-corrected chi connectivity index (χ4v) is 3.44. The van der Waals surface area contributed by atoms with Crippen molar-refractivity contribution in [1.82, 2.24) is 0 Å². The Bertz CT molecular complexity index is 562. The molecule has 1 saturated carbocycles. The summed E-state index contributed by atoms with van der Waals surface area (Å²) in [5, 5.41) is 9.71. The molecule has 1 fully saturated rings. The molecule has 0 spiro atoms. The van der Waals surface area contributed by atoms with Crippen molar-refractivity contribution >= 4 is 17.6 Å². The number of benzene rings is 1. The van der Waals surface area contributed by atoms with E-state index in [1.807, 2.05) is 19.9 Å². The zero-order valence-electron chi connectivity index (χ0n) is 12.8. The molecule has 0 aliphatic heterocycles. The smallest absolute Gasteiger partial charge is 0.304 e. The lowest BCUT2D eigenvalue weighted by atomic mass is 9.84. The summed E-state index contributed by atoms with van der Waals surface area (Å²) in [7, 11) is 3.11. The van der Waals surface area contributed by atoms with Gasteiger partial charge in [-0.25, -0.2) is 0 Å². The molecule has 0 unspecified atom stereocenters. The Balaban J connectivity index is 2.64. The van der Waals surface area contributed by atoms with E-state index in [1.54, 1.807) is 14.2 Å². The molecule has 1 aromatic rings. The Morgan fingerprint density at radius 2 is 2.00 bits per heavy atom. The van der Waals surface area contributed by atoms with E-state index < -0.39 is 5.97 Å². The molecule has 116 valence electrons. The maximum Gasteiger partial charge on any atom is 0.304 e. The van der Waals surface area contributed by atoms with E-state index in [4.69, 9.17) is 21.1 Å². The van der Waals surface area contributed by atoms with Gasteiger partial charge in [-0.2, -0.15) is 0 Å². The van der Waals surface area contributed by atoms with Crippen LogP contribution < -0.4 is 9.47 Å². The molecule has 21 heavy (non-hydrogen) atoms. The van der Waals surface area contributed by atoms with Crippen LogP contribution in [0.25, 0.3) is 0 Å². The van der Waals surface area contributed by atoms with Crippen LogP contribution in [0.3, 0.4) is 0 Å². The number of carboxylic acid groups (broad SMARTS) is 1. The van der Waals surface area contributed by atoms with Crippen LogP contribution in [-0.4, -0.2) is 25.3 Å². The Kier molecular flexibility index (Phi) is 4.38. The minimum Gasteiger partial charge on any atom is -0.493 e. The third-order valence-electron chi connectivity index (χ3n) is 4.14. The van der Waals surface area contributed by atoms with Crippen LogP contribution in [0.2, 0.25) is 5.02 Å². The van der Waals surface area contributed by atoms with Crippen molar-refractivity contribution in [1.29, 1.82) is 0 Å². The number of halogens is 1. The molecule has 0 saturated heterocycles. The van der Waals surface area contributed by atoms with Crippen molar-refractivity contribution in [2.45, 2.75) is 44.4 Å². The first-order valence-corrected chi connectivity index (χ1v) is 7.40. The summed E-state index contributed by atoms with van der Waals surface area (Å²) in [4.78, 5) is 11.2. The van der Waals surface area contributed by atoms with Crippen molar-refractivity contribution in [3.8, 4) is 11.5 Å². The van der Waals surface area contributed by atoms with Crippen LogP contribution in [0, 0.1) is 0 Å². The third-order valence-corrected chi connectivity index (χ3v) is 4.52. The highest BCUT2D eigenvalue weighted by atomic mass is 35.5. The number of rotatable bonds is 6. The maximum atomic E-state index is 11.2. The van der Waals surface area contributed by atoms with E-state index in [1.165, 1.54) is 0 Å². The lowest BCUT2D eigenvalue weighted by Crippen LogP contribution is -2.16. The molecule has 1 aliphatic rings. The first-order chi connectivity index (χ1) is 9.86. The van der Waals surface area contributed by atoms with Crippen LogP contribution in [0.1, 0.15) is 50.2 Å². The molecule has 0 bridgehead atoms. The largest absolute Gasteiger partial charge is 0.493 e. The monoisotopic (exact) mass is 312 g/mol. The van der Waals surface area contributed by atoms with Crippen molar-refractivity contribution < 1.29 is 19.4 Å². The predicted molar refractivity (Wildman–Crippen MR) is 81.8 cm³/mol. The van der Waals surface area contributed by atoms with E-state index in [0.29, 0.717) is 16.5 Å². The molecule has 1 aliphatic carbocycles. The number of carbonyl (C=O) groups is 1. The van der Waals surface area contributed by atoms with E-state index in [9.17, 15) is 9.90 Å². The number of carboxylic acids is 1. The SMILES string of the molecule is COc1cc(C2(CC(=O)O)CC2)c(C(C)C)c(Cl)c1OC. The number of aliphatic carboxylic acids is 1. The van der Waals surface area contributed by atoms with Crippen LogP contribution in [0.5, 0.6) is 11.5 Å². The standard InChI is InChI=1S/C16H21ClO4/c1-9(2)13-10(16(5-6-16)8-12(18)19)7-11(20-3)15(21-4)14(13)17/h7,9H,5-6,8H2,1-4H3,(H,18,19). The second-order valence-corrected chi connectivity index (χ2v) is 6.27. The Hall–Kier alpha value is -1.42. The molecule has 4 nitrogen and oxygen atoms in total. The molecule has 0 aromatic heterocycles. The topological polar surface area (TPSA) is 55.8 Å². The molecule has 0 heterocycles. The van der Waals surface area contributed by atoms with Gasteiger partial charge in [0.2, 0.25) is 0 Å². The molecular formula is C16H21ClO4. The van der Waals surface area contributed by atoms with Gasteiger partial charge in [-0.15, -0.1) is 0 Å². The van der Waals surface area contributed by atoms with Gasteiger partial charge in [-0.3, -0.25) is 4.79 Å². The highest BCUT2D eigenvalue weighted by Crippen LogP contribution is 2.56. The van der Waals surface area contributed by atoms with Crippen LogP contribution in [0.4, 0.5) is 0 Å². The quantitative estimate of drug-likeness (QED) is 0.863. The molecule has 1 N–H and O–H groups in total. The van der Waals surface area contributed by atoms with Gasteiger partial charge >= 0.3 is 5.97 Å². The first-order valence-electron chi connectivity index (χ1n) is 7.03. The average Bonchev–Trinajstić information content (AvgIpc) is 3.16. The lowest BCUT2D eigenvalue weighted by Gasteiger charge is -2.24. The minimum absolute atomic E-state index is 0.124. The third kappa shape index (κ3) is 2.82. The first kappa shape index (κ1) is 16.0. The zero-order chi connectivity index (χ0) is 15.8. The van der Waals surface area contributed by atoms with Gasteiger partial charge in [-0.05, 0) is 36.0 Å². The summed E-state index contributed by atoms with van der Waals surface area (Å²) >= 11 is 6.51. The second kappa shape index (κ2) is 5.76. The van der Waals surface area contributed by atoms with Gasteiger partial charge in [-0.1, -0.05) is 25.4 Å². The summed E-state index contributed by atoms with van der Waals surface area (Å²) in [5.74, 6) is 0.461. The van der Waals surface area contributed by atoms with Crippen LogP contribution in [-0.2, 0) is 10.2 Å². The van der Waals surface area contributed by atoms with Gasteiger partial charge in [0.25, 0.3) is 0 Å². The van der Waals surface area contributed by atoms with Crippen LogP contribution in [0.15, 0.2) is 6.07 Å². The van der Waals surface area contributed by atoms with E-state index in [2.05, 4.69) is 0 Å². The molecule has 5 heteroatoms. The van der Waals surface area contributed by atoms with Gasteiger partial charge in [0, 0.05) is 5.41 Å². The number of hydrogen-bond acceptors (Lipinski definition) is 3. The summed E-state index contributed by atoms with van der Waals surface area (Å²) < 4.78 is 10.7. The zero-order valence-corrected chi connectivity index (χ0v) is 13.6. The fourth-order valence-electron chi connectivity index (χ4n) is 2.95. The molecule has 0 amide bonds. The Morgan fingerprint density at radius 3 is 2.38 bits per heavy atom. The van der Waals surface area contributed by atoms with Gasteiger partial charge in [0.05, 0.1) is 25.7 Å². The summed E-state index contributed by atoms with van der Waals surface area (Å²) in [5.41, 5.74) is 1.64. The molecule has 2 rings (SSSR count). The maximum absolute atomic E-state index is 11.2. The van der Waals surface area contributed by atoms with Crippen LogP contribution >= 0.6 is 11.6 Å². The Morgan fingerprint density at radius 1 is 1.38 bits per heavy atom. The average molecular weight is 313 g/mol. The highest BCUT2D eigenvalue weighted by Gasteiger charge is 2.48. The van der Waals surface area contributed by atoms with E-state index >= 15 is 0 Å². The predicted octanol–water partition coefficient (Wildman–Crippen LogP) is 3.99. The molecule has 0 atom stereocenters.